The average molecular weight is 1040 g/mol. The van der Waals surface area contributed by atoms with E-state index in [1.807, 2.05) is 102 Å². The molecule has 1 N–H and O–H groups in total. The predicted molar refractivity (Wildman–Crippen MR) is 270 cm³/mol. The van der Waals surface area contributed by atoms with Crippen LogP contribution >= 0.6 is 0 Å². The number of hydrogen-bond acceptors (Lipinski definition) is 3. The van der Waals surface area contributed by atoms with Crippen molar-refractivity contribution in [2.45, 2.75) is 46.3 Å². The fourth-order valence-electron chi connectivity index (χ4n) is 8.58. The summed E-state index contributed by atoms with van der Waals surface area (Å²) in [6.45, 7) is 4.64. The van der Waals surface area contributed by atoms with Crippen molar-refractivity contribution in [2.24, 2.45) is 0 Å². The van der Waals surface area contributed by atoms with E-state index >= 15 is 0 Å². The third kappa shape index (κ3) is 8.70. The zero-order valence-electron chi connectivity index (χ0n) is 42.1. The number of benzene rings is 8. The summed E-state index contributed by atoms with van der Waals surface area (Å²) in [6, 6.07) is 65.0. The van der Waals surface area contributed by atoms with Gasteiger partial charge >= 0.3 is 0 Å². The fourth-order valence-corrected chi connectivity index (χ4v) is 8.58. The molecule has 0 aliphatic carbocycles. The summed E-state index contributed by atoms with van der Waals surface area (Å²) >= 11 is 0. The number of phenolic OH excluding ortho intramolecular Hbond substituents is 1. The number of phenols is 1. The summed E-state index contributed by atoms with van der Waals surface area (Å²) in [5.41, 5.74) is 14.3. The van der Waals surface area contributed by atoms with Crippen LogP contribution in [0.2, 0.25) is 0 Å². The molecule has 10 aromatic rings. The number of aromatic nitrogens is 3. The van der Waals surface area contributed by atoms with Gasteiger partial charge in [-0.15, -0.1) is 23.8 Å². The molecule has 0 unspecified atom stereocenters. The molecule has 0 atom stereocenters. The molecular formula is C61H50N3OPt-. The Labute approximate surface area is 409 Å². The third-order valence-corrected chi connectivity index (χ3v) is 12.1. The van der Waals surface area contributed by atoms with E-state index in [4.69, 9.17) is 16.8 Å². The SMILES string of the molecule is [2H]C([2H])([2H])c1cc(-c2cc(C([2H])(C)C)cc(C([2H])(C)C)c2)ccc1-n1c(-c2ccccc2O)nc2c(-c3[c-]c(-c4cc(-c5ccc(-c6ccccc6)cc5)ccn4)cc(-c4ccccc4)c3)cccc21.[Pt]. The molecule has 66 heavy (non-hydrogen) atoms. The standard InChI is InChI=1S/C61H50N3O.Pt/c1-39(2)48-32-49(40(3)4)34-51(33-48)46-27-28-57(41(5)31-46)64-58-21-14-20-54(60(58)63-61(64)55-19-12-13-22-59(55)65)52-35-50(43-17-10-7-11-18-43)36-53(37-52)56-38-47(29-30-62-56)45-25-23-44(24-26-45)42-15-8-6-9-16-42;/h6-36,38-40,65H,1-5H3;/q-1;/i5D3,39D,40D;. The Morgan fingerprint density at radius 2 is 1.09 bits per heavy atom. The van der Waals surface area contributed by atoms with Gasteiger partial charge in [0.25, 0.3) is 0 Å². The van der Waals surface area contributed by atoms with E-state index < -0.39 is 18.6 Å². The van der Waals surface area contributed by atoms with Gasteiger partial charge in [-0.1, -0.05) is 184 Å². The Kier molecular flexibility index (Phi) is 10.9. The van der Waals surface area contributed by atoms with E-state index in [2.05, 4.69) is 72.8 Å². The topological polar surface area (TPSA) is 50.9 Å². The van der Waals surface area contributed by atoms with Crippen LogP contribution in [0.3, 0.4) is 0 Å². The fraction of sp³-hybridized carbons (Fsp3) is 0.115. The van der Waals surface area contributed by atoms with Gasteiger partial charge in [-0.25, -0.2) is 4.98 Å². The Morgan fingerprint density at radius 3 is 1.76 bits per heavy atom. The van der Waals surface area contributed by atoms with Crippen LogP contribution in [0, 0.1) is 12.9 Å². The van der Waals surface area contributed by atoms with Gasteiger partial charge in [0.15, 0.2) is 0 Å². The molecule has 5 heteroatoms. The zero-order valence-corrected chi connectivity index (χ0v) is 39.4. The summed E-state index contributed by atoms with van der Waals surface area (Å²) < 4.78 is 46.5. The number of imidazole rings is 1. The molecule has 2 aromatic heterocycles. The molecule has 0 aliphatic rings. The Balaban J connectivity index is 0.00000624. The maximum atomic E-state index is 11.4. The second-order valence-corrected chi connectivity index (χ2v) is 16.9. The number of nitrogens with zero attached hydrogens (tertiary/aromatic N) is 3. The molecule has 0 saturated carbocycles. The van der Waals surface area contributed by atoms with Crippen LogP contribution in [-0.2, 0) is 21.1 Å². The van der Waals surface area contributed by atoms with E-state index in [9.17, 15) is 5.11 Å². The number of fused-ring (bicyclic) bond motifs is 1. The van der Waals surface area contributed by atoms with Gasteiger partial charge in [0.2, 0.25) is 0 Å². The number of para-hydroxylation sites is 2. The van der Waals surface area contributed by atoms with Crippen molar-refractivity contribution in [1.82, 2.24) is 14.5 Å². The van der Waals surface area contributed by atoms with Crippen LogP contribution < -0.4 is 0 Å². The molecule has 0 aliphatic heterocycles. The predicted octanol–water partition coefficient (Wildman–Crippen LogP) is 16.1. The molecule has 10 rings (SSSR count). The molecule has 0 spiro atoms. The van der Waals surface area contributed by atoms with Gasteiger partial charge in [-0.2, -0.15) is 0 Å². The van der Waals surface area contributed by atoms with E-state index in [0.29, 0.717) is 33.7 Å². The smallest absolute Gasteiger partial charge is 0.148 e. The van der Waals surface area contributed by atoms with Crippen molar-refractivity contribution in [1.29, 1.82) is 0 Å². The summed E-state index contributed by atoms with van der Waals surface area (Å²) in [5, 5.41) is 11.4. The van der Waals surface area contributed by atoms with Gasteiger partial charge in [0, 0.05) is 39.8 Å². The molecule has 8 aromatic carbocycles. The third-order valence-electron chi connectivity index (χ3n) is 12.1. The van der Waals surface area contributed by atoms with Crippen LogP contribution in [0.1, 0.15) is 63.0 Å². The van der Waals surface area contributed by atoms with Crippen LogP contribution in [0.4, 0.5) is 0 Å². The number of aromatic hydroxyl groups is 1. The first-order valence-corrected chi connectivity index (χ1v) is 21.9. The maximum Gasteiger partial charge on any atom is 0.148 e. The molecular weight excluding hydrogens is 986 g/mol. The van der Waals surface area contributed by atoms with Crippen molar-refractivity contribution >= 4 is 11.0 Å². The van der Waals surface area contributed by atoms with Crippen molar-refractivity contribution in [3.63, 3.8) is 0 Å². The van der Waals surface area contributed by atoms with Crippen molar-refractivity contribution in [3.8, 4) is 89.7 Å². The normalized spacial score (nSPS) is 12.9. The molecule has 0 fully saturated rings. The summed E-state index contributed by atoms with van der Waals surface area (Å²) in [5.74, 6) is -1.56. The minimum atomic E-state index is -2.59. The Morgan fingerprint density at radius 1 is 0.530 bits per heavy atom. The Bertz CT molecular complexity index is 3530. The molecule has 0 radical (unpaired) electrons. The summed E-state index contributed by atoms with van der Waals surface area (Å²) in [7, 11) is 0. The second kappa shape index (κ2) is 18.8. The zero-order chi connectivity index (χ0) is 49.0. The van der Waals surface area contributed by atoms with Gasteiger partial charge in [0.1, 0.15) is 11.6 Å². The molecule has 4 nitrogen and oxygen atoms in total. The number of pyridine rings is 1. The number of hydrogen-bond donors (Lipinski definition) is 1. The minimum absolute atomic E-state index is 0. The monoisotopic (exact) mass is 1040 g/mol. The average Bonchev–Trinajstić information content (AvgIpc) is 3.75. The molecule has 0 bridgehead atoms. The van der Waals surface area contributed by atoms with Crippen LogP contribution in [-0.4, -0.2) is 19.6 Å². The van der Waals surface area contributed by atoms with E-state index in [1.165, 1.54) is 0 Å². The van der Waals surface area contributed by atoms with E-state index in [-0.39, 0.29) is 32.4 Å². The van der Waals surface area contributed by atoms with E-state index in [1.54, 1.807) is 58.0 Å². The molecule has 0 amide bonds. The molecule has 326 valence electrons. The van der Waals surface area contributed by atoms with E-state index in [0.717, 1.165) is 72.5 Å². The van der Waals surface area contributed by atoms with Crippen LogP contribution in [0.15, 0.2) is 194 Å². The van der Waals surface area contributed by atoms with Crippen molar-refractivity contribution < 1.29 is 33.0 Å². The summed E-state index contributed by atoms with van der Waals surface area (Å²) in [6.07, 6.45) is 1.83. The van der Waals surface area contributed by atoms with Crippen molar-refractivity contribution in [2.75, 3.05) is 0 Å². The largest absolute Gasteiger partial charge is 0.507 e. The maximum absolute atomic E-state index is 11.4. The van der Waals surface area contributed by atoms with Gasteiger partial charge in [-0.05, 0) is 111 Å². The van der Waals surface area contributed by atoms with Gasteiger partial charge in [-0.3, -0.25) is 9.55 Å². The first-order valence-electron chi connectivity index (χ1n) is 24.4. The summed E-state index contributed by atoms with van der Waals surface area (Å²) in [4.78, 5) is 10.2. The second-order valence-electron chi connectivity index (χ2n) is 16.9. The quantitative estimate of drug-likeness (QED) is 0.139. The molecule has 2 heterocycles. The Hall–Kier alpha value is -7.13. The van der Waals surface area contributed by atoms with Crippen LogP contribution in [0.5, 0.6) is 5.75 Å². The first kappa shape index (κ1) is 38.2. The molecule has 0 saturated heterocycles. The van der Waals surface area contributed by atoms with Gasteiger partial charge in [0.05, 0.1) is 22.3 Å². The minimum Gasteiger partial charge on any atom is -0.507 e. The van der Waals surface area contributed by atoms with Crippen molar-refractivity contribution in [3.05, 3.63) is 217 Å². The first-order chi connectivity index (χ1) is 33.5. The van der Waals surface area contributed by atoms with Crippen LogP contribution in [0.25, 0.3) is 95.0 Å². The number of rotatable bonds is 10. The van der Waals surface area contributed by atoms with Gasteiger partial charge < -0.3 is 5.11 Å². The number of aryl methyl sites for hydroxylation is 1.